The number of carbonyl (C=O) groups is 2. The van der Waals surface area contributed by atoms with E-state index in [1.54, 1.807) is 13.0 Å². The molecule has 1 aromatic heterocycles. The smallest absolute Gasteiger partial charge is 0.358 e. The SMILES string of the molecule is C=C(C(=O)OCC)C1OC(=O)c2nc3ccccc3cc21. The molecule has 0 amide bonds. The van der Waals surface area contributed by atoms with Gasteiger partial charge in [0, 0.05) is 10.9 Å². The van der Waals surface area contributed by atoms with E-state index in [2.05, 4.69) is 11.6 Å². The highest BCUT2D eigenvalue weighted by molar-refractivity contribution is 5.99. The number of hydrogen-bond acceptors (Lipinski definition) is 5. The zero-order valence-corrected chi connectivity index (χ0v) is 11.5. The molecule has 0 radical (unpaired) electrons. The summed E-state index contributed by atoms with van der Waals surface area (Å²) < 4.78 is 10.1. The number of hydrogen-bond donors (Lipinski definition) is 0. The van der Waals surface area contributed by atoms with Gasteiger partial charge in [-0.2, -0.15) is 0 Å². The minimum Gasteiger partial charge on any atom is -0.463 e. The monoisotopic (exact) mass is 283 g/mol. The molecular weight excluding hydrogens is 270 g/mol. The fourth-order valence-electron chi connectivity index (χ4n) is 2.31. The van der Waals surface area contributed by atoms with Gasteiger partial charge >= 0.3 is 11.9 Å². The van der Waals surface area contributed by atoms with Gasteiger partial charge in [-0.25, -0.2) is 14.6 Å². The number of nitrogens with zero attached hydrogens (tertiary/aromatic N) is 1. The Balaban J connectivity index is 2.06. The summed E-state index contributed by atoms with van der Waals surface area (Å²) in [5.41, 5.74) is 1.58. The van der Waals surface area contributed by atoms with Gasteiger partial charge in [0.2, 0.25) is 0 Å². The van der Waals surface area contributed by atoms with E-state index in [1.165, 1.54) is 0 Å². The Kier molecular flexibility index (Phi) is 3.17. The summed E-state index contributed by atoms with van der Waals surface area (Å²) in [4.78, 5) is 28.0. The molecule has 2 heterocycles. The van der Waals surface area contributed by atoms with Gasteiger partial charge in [-0.15, -0.1) is 0 Å². The molecule has 0 fully saturated rings. The molecule has 0 aliphatic carbocycles. The van der Waals surface area contributed by atoms with Crippen LogP contribution in [0.1, 0.15) is 29.1 Å². The number of ether oxygens (including phenoxy) is 2. The predicted molar refractivity (Wildman–Crippen MR) is 75.7 cm³/mol. The first kappa shape index (κ1) is 13.3. The van der Waals surface area contributed by atoms with Crippen molar-refractivity contribution in [3.05, 3.63) is 53.7 Å². The second kappa shape index (κ2) is 5.01. The maximum Gasteiger partial charge on any atom is 0.358 e. The van der Waals surface area contributed by atoms with Crippen LogP contribution in [0.4, 0.5) is 0 Å². The summed E-state index contributed by atoms with van der Waals surface area (Å²) in [7, 11) is 0. The molecule has 1 unspecified atom stereocenters. The third kappa shape index (κ3) is 2.16. The van der Waals surface area contributed by atoms with Crippen molar-refractivity contribution >= 4 is 22.8 Å². The van der Waals surface area contributed by atoms with Crippen LogP contribution in [-0.2, 0) is 14.3 Å². The second-order valence-electron chi connectivity index (χ2n) is 4.65. The Bertz CT molecular complexity index is 766. The van der Waals surface area contributed by atoms with Crippen molar-refractivity contribution in [2.45, 2.75) is 13.0 Å². The van der Waals surface area contributed by atoms with E-state index in [9.17, 15) is 9.59 Å². The number of para-hydroxylation sites is 1. The zero-order valence-electron chi connectivity index (χ0n) is 11.5. The maximum absolute atomic E-state index is 11.9. The van der Waals surface area contributed by atoms with Crippen molar-refractivity contribution in [1.29, 1.82) is 0 Å². The van der Waals surface area contributed by atoms with Crippen LogP contribution in [-0.4, -0.2) is 23.5 Å². The Morgan fingerprint density at radius 1 is 1.43 bits per heavy atom. The number of pyridine rings is 1. The molecule has 106 valence electrons. The quantitative estimate of drug-likeness (QED) is 0.640. The van der Waals surface area contributed by atoms with Crippen molar-refractivity contribution in [3.8, 4) is 0 Å². The fraction of sp³-hybridized carbons (Fsp3) is 0.188. The number of rotatable bonds is 3. The molecule has 2 aromatic rings. The highest BCUT2D eigenvalue weighted by atomic mass is 16.6. The maximum atomic E-state index is 11.9. The van der Waals surface area contributed by atoms with Gasteiger partial charge in [-0.1, -0.05) is 24.8 Å². The number of cyclic esters (lactones) is 1. The summed E-state index contributed by atoms with van der Waals surface area (Å²) in [6.07, 6.45) is -0.830. The van der Waals surface area contributed by atoms with Crippen LogP contribution in [0.2, 0.25) is 0 Å². The highest BCUT2D eigenvalue weighted by Gasteiger charge is 2.37. The highest BCUT2D eigenvalue weighted by Crippen LogP contribution is 2.36. The summed E-state index contributed by atoms with van der Waals surface area (Å²) in [5.74, 6) is -1.12. The molecule has 3 rings (SSSR count). The molecule has 0 bridgehead atoms. The van der Waals surface area contributed by atoms with Gasteiger partial charge in [0.15, 0.2) is 11.8 Å². The minimum absolute atomic E-state index is 0.0982. The van der Waals surface area contributed by atoms with Gasteiger partial charge in [0.1, 0.15) is 0 Å². The third-order valence-electron chi connectivity index (χ3n) is 3.31. The van der Waals surface area contributed by atoms with Gasteiger partial charge in [-0.3, -0.25) is 0 Å². The van der Waals surface area contributed by atoms with Crippen LogP contribution in [0.3, 0.4) is 0 Å². The lowest BCUT2D eigenvalue weighted by atomic mass is 10.0. The molecule has 0 N–H and O–H groups in total. The molecule has 1 atom stereocenters. The largest absolute Gasteiger partial charge is 0.463 e. The summed E-state index contributed by atoms with van der Waals surface area (Å²) >= 11 is 0. The van der Waals surface area contributed by atoms with E-state index in [1.807, 2.05) is 24.3 Å². The molecule has 21 heavy (non-hydrogen) atoms. The standard InChI is InChI=1S/C16H13NO4/c1-3-20-15(18)9(2)14-11-8-10-6-4-5-7-12(10)17-13(11)16(19)21-14/h4-8,14H,2-3H2,1H3. The number of esters is 2. The molecule has 0 saturated heterocycles. The van der Waals surface area contributed by atoms with E-state index < -0.39 is 18.0 Å². The summed E-state index contributed by atoms with van der Waals surface area (Å²) in [6, 6.07) is 9.23. The molecule has 1 aromatic carbocycles. The Morgan fingerprint density at radius 2 is 2.19 bits per heavy atom. The topological polar surface area (TPSA) is 65.5 Å². The van der Waals surface area contributed by atoms with E-state index in [4.69, 9.17) is 9.47 Å². The van der Waals surface area contributed by atoms with Crippen molar-refractivity contribution < 1.29 is 19.1 Å². The Morgan fingerprint density at radius 3 is 2.95 bits per heavy atom. The predicted octanol–water partition coefficient (Wildman–Crippen LogP) is 2.57. The third-order valence-corrected chi connectivity index (χ3v) is 3.31. The average Bonchev–Trinajstić information content (AvgIpc) is 2.81. The Hall–Kier alpha value is -2.69. The van der Waals surface area contributed by atoms with Crippen LogP contribution in [0, 0.1) is 0 Å². The van der Waals surface area contributed by atoms with E-state index in [-0.39, 0.29) is 17.9 Å². The van der Waals surface area contributed by atoms with E-state index in [0.29, 0.717) is 11.1 Å². The molecule has 1 aliphatic rings. The number of benzene rings is 1. The molecule has 5 heteroatoms. The zero-order chi connectivity index (χ0) is 15.0. The first-order chi connectivity index (χ1) is 10.1. The molecule has 0 saturated carbocycles. The van der Waals surface area contributed by atoms with Crippen LogP contribution in [0.15, 0.2) is 42.5 Å². The number of carbonyl (C=O) groups excluding carboxylic acids is 2. The first-order valence-electron chi connectivity index (χ1n) is 6.58. The van der Waals surface area contributed by atoms with Gasteiger partial charge in [0.05, 0.1) is 17.7 Å². The lowest BCUT2D eigenvalue weighted by Crippen LogP contribution is -2.14. The molecular formula is C16H13NO4. The van der Waals surface area contributed by atoms with E-state index >= 15 is 0 Å². The van der Waals surface area contributed by atoms with Crippen molar-refractivity contribution in [1.82, 2.24) is 4.98 Å². The van der Waals surface area contributed by atoms with Crippen LogP contribution in [0.25, 0.3) is 10.9 Å². The van der Waals surface area contributed by atoms with Crippen molar-refractivity contribution in [2.75, 3.05) is 6.61 Å². The fourth-order valence-corrected chi connectivity index (χ4v) is 2.31. The van der Waals surface area contributed by atoms with Crippen LogP contribution < -0.4 is 0 Å². The molecule has 1 aliphatic heterocycles. The van der Waals surface area contributed by atoms with Crippen molar-refractivity contribution in [3.63, 3.8) is 0 Å². The minimum atomic E-state index is -0.830. The summed E-state index contributed by atoms with van der Waals surface area (Å²) in [6.45, 7) is 5.63. The lowest BCUT2D eigenvalue weighted by Gasteiger charge is -2.12. The van der Waals surface area contributed by atoms with E-state index in [0.717, 1.165) is 5.39 Å². The average molecular weight is 283 g/mol. The molecule has 5 nitrogen and oxygen atoms in total. The number of aromatic nitrogens is 1. The number of fused-ring (bicyclic) bond motifs is 2. The van der Waals surface area contributed by atoms with Crippen LogP contribution >= 0.6 is 0 Å². The second-order valence-corrected chi connectivity index (χ2v) is 4.65. The summed E-state index contributed by atoms with van der Waals surface area (Å²) in [5, 5.41) is 0.871. The first-order valence-corrected chi connectivity index (χ1v) is 6.58. The van der Waals surface area contributed by atoms with Gasteiger partial charge in [0.25, 0.3) is 0 Å². The molecule has 0 spiro atoms. The van der Waals surface area contributed by atoms with Crippen LogP contribution in [0.5, 0.6) is 0 Å². The Labute approximate surface area is 121 Å². The van der Waals surface area contributed by atoms with Gasteiger partial charge in [-0.05, 0) is 19.1 Å². The van der Waals surface area contributed by atoms with Gasteiger partial charge < -0.3 is 9.47 Å². The normalized spacial score (nSPS) is 16.4. The van der Waals surface area contributed by atoms with Crippen molar-refractivity contribution in [2.24, 2.45) is 0 Å². The lowest BCUT2D eigenvalue weighted by molar-refractivity contribution is -0.139.